The van der Waals surface area contributed by atoms with E-state index in [9.17, 15) is 4.79 Å². The highest BCUT2D eigenvalue weighted by Crippen LogP contribution is 2.15. The molecule has 1 saturated heterocycles. The minimum Gasteiger partial charge on any atom is -0.358 e. The Morgan fingerprint density at radius 1 is 1.45 bits per heavy atom. The largest absolute Gasteiger partial charge is 0.358 e. The average molecular weight is 277 g/mol. The minimum atomic E-state index is 0.0873. The number of hydrogen-bond donors (Lipinski definition) is 2. The standard InChI is InChI=1S/C14H23N5O/c1-11(13-9-16-5-6-17-13)18-12-3-7-19(8-4-12)10-14(20)15-2/h5-6,9,11-12,18H,3-4,7-8,10H2,1-2H3,(H,15,20). The maximum atomic E-state index is 11.3. The highest BCUT2D eigenvalue weighted by Gasteiger charge is 2.22. The van der Waals surface area contributed by atoms with E-state index in [-0.39, 0.29) is 11.9 Å². The summed E-state index contributed by atoms with van der Waals surface area (Å²) in [7, 11) is 1.68. The molecule has 1 aromatic heterocycles. The number of amides is 1. The van der Waals surface area contributed by atoms with E-state index < -0.39 is 0 Å². The first-order chi connectivity index (χ1) is 9.69. The zero-order chi connectivity index (χ0) is 14.4. The lowest BCUT2D eigenvalue weighted by molar-refractivity contribution is -0.122. The van der Waals surface area contributed by atoms with E-state index in [2.05, 4.69) is 32.4 Å². The molecule has 0 radical (unpaired) electrons. The summed E-state index contributed by atoms with van der Waals surface area (Å²) in [5.41, 5.74) is 0.972. The zero-order valence-corrected chi connectivity index (χ0v) is 12.2. The first kappa shape index (κ1) is 14.9. The smallest absolute Gasteiger partial charge is 0.233 e. The normalized spacial score (nSPS) is 18.7. The van der Waals surface area contributed by atoms with Crippen LogP contribution in [0, 0.1) is 0 Å². The number of carbonyl (C=O) groups is 1. The van der Waals surface area contributed by atoms with Crippen LogP contribution in [-0.4, -0.2) is 53.5 Å². The third kappa shape index (κ3) is 4.25. The summed E-state index contributed by atoms with van der Waals surface area (Å²) in [4.78, 5) is 22.0. The van der Waals surface area contributed by atoms with Crippen LogP contribution < -0.4 is 10.6 Å². The number of likely N-dealkylation sites (N-methyl/N-ethyl adjacent to an activating group) is 1. The van der Waals surface area contributed by atoms with Gasteiger partial charge in [0, 0.05) is 50.8 Å². The quantitative estimate of drug-likeness (QED) is 0.812. The van der Waals surface area contributed by atoms with Crippen LogP contribution >= 0.6 is 0 Å². The number of hydrogen-bond acceptors (Lipinski definition) is 5. The Balaban J connectivity index is 1.76. The van der Waals surface area contributed by atoms with Crippen LogP contribution in [0.4, 0.5) is 0 Å². The predicted octanol–water partition coefficient (Wildman–Crippen LogP) is 0.338. The number of carbonyl (C=O) groups excluding carboxylic acids is 1. The van der Waals surface area contributed by atoms with Crippen molar-refractivity contribution in [2.45, 2.75) is 31.8 Å². The first-order valence-corrected chi connectivity index (χ1v) is 7.14. The fourth-order valence-corrected chi connectivity index (χ4v) is 2.51. The zero-order valence-electron chi connectivity index (χ0n) is 12.2. The van der Waals surface area contributed by atoms with Crippen molar-refractivity contribution in [1.29, 1.82) is 0 Å². The van der Waals surface area contributed by atoms with Crippen LogP contribution in [0.25, 0.3) is 0 Å². The third-order valence-electron chi connectivity index (χ3n) is 3.75. The van der Waals surface area contributed by atoms with Gasteiger partial charge in [-0.25, -0.2) is 0 Å². The van der Waals surface area contributed by atoms with Gasteiger partial charge >= 0.3 is 0 Å². The topological polar surface area (TPSA) is 70.2 Å². The van der Waals surface area contributed by atoms with E-state index in [4.69, 9.17) is 0 Å². The minimum absolute atomic E-state index is 0.0873. The van der Waals surface area contributed by atoms with Crippen molar-refractivity contribution in [2.75, 3.05) is 26.7 Å². The fourth-order valence-electron chi connectivity index (χ4n) is 2.51. The Hall–Kier alpha value is -1.53. The number of nitrogens with zero attached hydrogens (tertiary/aromatic N) is 3. The molecule has 0 bridgehead atoms. The summed E-state index contributed by atoms with van der Waals surface area (Å²) in [6, 6.07) is 0.687. The molecule has 0 aliphatic carbocycles. The molecule has 1 amide bonds. The molecule has 0 saturated carbocycles. The Labute approximate surface area is 120 Å². The van der Waals surface area contributed by atoms with Gasteiger partial charge in [-0.15, -0.1) is 0 Å². The maximum Gasteiger partial charge on any atom is 0.233 e. The van der Waals surface area contributed by atoms with Gasteiger partial charge in [0.25, 0.3) is 0 Å². The van der Waals surface area contributed by atoms with Crippen molar-refractivity contribution in [2.24, 2.45) is 0 Å². The highest BCUT2D eigenvalue weighted by atomic mass is 16.1. The van der Waals surface area contributed by atoms with Crippen molar-refractivity contribution >= 4 is 5.91 Å². The third-order valence-corrected chi connectivity index (χ3v) is 3.75. The Morgan fingerprint density at radius 3 is 2.80 bits per heavy atom. The summed E-state index contributed by atoms with van der Waals surface area (Å²) < 4.78 is 0. The van der Waals surface area contributed by atoms with E-state index in [1.165, 1.54) is 0 Å². The Morgan fingerprint density at radius 2 is 2.20 bits per heavy atom. The second kappa shape index (κ2) is 7.31. The summed E-state index contributed by atoms with van der Waals surface area (Å²) >= 11 is 0. The predicted molar refractivity (Wildman–Crippen MR) is 77.1 cm³/mol. The van der Waals surface area contributed by atoms with Crippen LogP contribution in [0.2, 0.25) is 0 Å². The average Bonchev–Trinajstić information content (AvgIpc) is 2.50. The van der Waals surface area contributed by atoms with E-state index >= 15 is 0 Å². The molecule has 1 aliphatic heterocycles. The van der Waals surface area contributed by atoms with Gasteiger partial charge in [0.15, 0.2) is 0 Å². The van der Waals surface area contributed by atoms with Crippen LogP contribution in [-0.2, 0) is 4.79 Å². The van der Waals surface area contributed by atoms with E-state index in [0.29, 0.717) is 12.6 Å². The van der Waals surface area contributed by atoms with Gasteiger partial charge in [0.05, 0.1) is 12.2 Å². The van der Waals surface area contributed by atoms with Gasteiger partial charge in [-0.1, -0.05) is 0 Å². The molecule has 1 atom stereocenters. The van der Waals surface area contributed by atoms with Gasteiger partial charge < -0.3 is 10.6 Å². The molecule has 0 spiro atoms. The van der Waals surface area contributed by atoms with Crippen LogP contribution in [0.5, 0.6) is 0 Å². The molecule has 0 aromatic carbocycles. The van der Waals surface area contributed by atoms with Crippen molar-refractivity contribution in [3.63, 3.8) is 0 Å². The lowest BCUT2D eigenvalue weighted by atomic mass is 10.0. The molecule has 110 valence electrons. The molecule has 2 heterocycles. The molecular formula is C14H23N5O. The summed E-state index contributed by atoms with van der Waals surface area (Å²) in [5.74, 6) is 0.0873. The van der Waals surface area contributed by atoms with E-state index in [1.807, 2.05) is 0 Å². The van der Waals surface area contributed by atoms with Crippen molar-refractivity contribution in [3.05, 3.63) is 24.3 Å². The molecule has 2 N–H and O–H groups in total. The SMILES string of the molecule is CNC(=O)CN1CCC(NC(C)c2cnccn2)CC1. The number of aromatic nitrogens is 2. The summed E-state index contributed by atoms with van der Waals surface area (Å²) in [5, 5.41) is 6.26. The second-order valence-corrected chi connectivity index (χ2v) is 5.24. The van der Waals surface area contributed by atoms with Gasteiger partial charge in [-0.3, -0.25) is 19.7 Å². The number of piperidine rings is 1. The van der Waals surface area contributed by atoms with Gasteiger partial charge in [0.1, 0.15) is 0 Å². The Bertz CT molecular complexity index is 417. The summed E-state index contributed by atoms with van der Waals surface area (Å²) in [6.45, 7) is 4.53. The first-order valence-electron chi connectivity index (χ1n) is 7.14. The van der Waals surface area contributed by atoms with E-state index in [0.717, 1.165) is 31.6 Å². The van der Waals surface area contributed by atoms with Gasteiger partial charge in [0.2, 0.25) is 5.91 Å². The molecule has 6 heteroatoms. The van der Waals surface area contributed by atoms with Gasteiger partial charge in [-0.05, 0) is 19.8 Å². The fraction of sp³-hybridized carbons (Fsp3) is 0.643. The lowest BCUT2D eigenvalue weighted by Crippen LogP contribution is -2.46. The second-order valence-electron chi connectivity index (χ2n) is 5.24. The van der Waals surface area contributed by atoms with Crippen LogP contribution in [0.15, 0.2) is 18.6 Å². The summed E-state index contributed by atoms with van der Waals surface area (Å²) in [6.07, 6.45) is 7.33. The van der Waals surface area contributed by atoms with Gasteiger partial charge in [-0.2, -0.15) is 0 Å². The van der Waals surface area contributed by atoms with Crippen molar-refractivity contribution in [3.8, 4) is 0 Å². The molecule has 1 aromatic rings. The van der Waals surface area contributed by atoms with Crippen LogP contribution in [0.3, 0.4) is 0 Å². The molecule has 1 unspecified atom stereocenters. The molecule has 1 fully saturated rings. The number of likely N-dealkylation sites (tertiary alicyclic amines) is 1. The monoisotopic (exact) mass is 277 g/mol. The molecular weight excluding hydrogens is 254 g/mol. The van der Waals surface area contributed by atoms with Crippen LogP contribution in [0.1, 0.15) is 31.5 Å². The van der Waals surface area contributed by atoms with Crippen molar-refractivity contribution in [1.82, 2.24) is 25.5 Å². The van der Waals surface area contributed by atoms with E-state index in [1.54, 1.807) is 25.6 Å². The molecule has 1 aliphatic rings. The molecule has 20 heavy (non-hydrogen) atoms. The number of rotatable bonds is 5. The molecule has 6 nitrogen and oxygen atoms in total. The molecule has 2 rings (SSSR count). The Kier molecular flexibility index (Phi) is 5.43. The number of nitrogens with one attached hydrogen (secondary N) is 2. The highest BCUT2D eigenvalue weighted by molar-refractivity contribution is 5.77. The van der Waals surface area contributed by atoms with Crippen molar-refractivity contribution < 1.29 is 4.79 Å². The maximum absolute atomic E-state index is 11.3. The lowest BCUT2D eigenvalue weighted by Gasteiger charge is -2.33.